The van der Waals surface area contributed by atoms with E-state index in [9.17, 15) is 9.90 Å². The minimum atomic E-state index is -1.03. The molecule has 0 heterocycles. The third-order valence-electron chi connectivity index (χ3n) is 3.40. The van der Waals surface area contributed by atoms with Gasteiger partial charge in [-0.15, -0.1) is 0 Å². The first-order valence-corrected chi connectivity index (χ1v) is 7.15. The number of benzene rings is 2. The Labute approximate surface area is 140 Å². The number of aliphatic carboxylic acids is 1. The molecule has 2 rings (SSSR count). The molecule has 0 aromatic heterocycles. The SMILES string of the molecule is COc1ccc(C(=CNc2ccc(OC)c(OC)c2)C(=O)O)cc1. The first-order valence-electron chi connectivity index (χ1n) is 7.15. The molecule has 0 amide bonds. The van der Waals surface area contributed by atoms with E-state index in [1.54, 1.807) is 56.7 Å². The Balaban J connectivity index is 2.26. The van der Waals surface area contributed by atoms with Gasteiger partial charge in [0.1, 0.15) is 5.75 Å². The highest BCUT2D eigenvalue weighted by Gasteiger charge is 2.11. The van der Waals surface area contributed by atoms with Crippen molar-refractivity contribution in [1.29, 1.82) is 0 Å². The second-order valence-corrected chi connectivity index (χ2v) is 4.81. The van der Waals surface area contributed by atoms with Gasteiger partial charge in [-0.05, 0) is 29.8 Å². The first-order chi connectivity index (χ1) is 11.6. The maximum absolute atomic E-state index is 11.5. The minimum absolute atomic E-state index is 0.132. The van der Waals surface area contributed by atoms with E-state index in [-0.39, 0.29) is 5.57 Å². The van der Waals surface area contributed by atoms with Crippen LogP contribution < -0.4 is 19.5 Å². The van der Waals surface area contributed by atoms with Crippen LogP contribution in [0.5, 0.6) is 17.2 Å². The number of hydrogen-bond acceptors (Lipinski definition) is 5. The van der Waals surface area contributed by atoms with Crippen molar-refractivity contribution in [3.05, 3.63) is 54.2 Å². The molecule has 0 saturated heterocycles. The molecule has 0 aliphatic heterocycles. The fourth-order valence-corrected chi connectivity index (χ4v) is 2.12. The van der Waals surface area contributed by atoms with Crippen LogP contribution in [0, 0.1) is 0 Å². The van der Waals surface area contributed by atoms with Crippen molar-refractivity contribution < 1.29 is 24.1 Å². The van der Waals surface area contributed by atoms with Gasteiger partial charge in [-0.25, -0.2) is 4.79 Å². The average Bonchev–Trinajstić information content (AvgIpc) is 2.61. The lowest BCUT2D eigenvalue weighted by Gasteiger charge is -2.10. The second kappa shape index (κ2) is 7.92. The lowest BCUT2D eigenvalue weighted by atomic mass is 10.1. The molecule has 6 heteroatoms. The van der Waals surface area contributed by atoms with Crippen molar-refractivity contribution in [1.82, 2.24) is 0 Å². The normalized spacial score (nSPS) is 10.9. The highest BCUT2D eigenvalue weighted by molar-refractivity contribution is 6.15. The number of anilines is 1. The molecule has 2 aromatic rings. The summed E-state index contributed by atoms with van der Waals surface area (Å²) in [5.74, 6) is 0.780. The third-order valence-corrected chi connectivity index (χ3v) is 3.40. The number of carboxylic acids is 1. The molecule has 126 valence electrons. The van der Waals surface area contributed by atoms with Gasteiger partial charge >= 0.3 is 5.97 Å². The smallest absolute Gasteiger partial charge is 0.337 e. The van der Waals surface area contributed by atoms with E-state index in [2.05, 4.69) is 5.32 Å². The molecule has 24 heavy (non-hydrogen) atoms. The topological polar surface area (TPSA) is 77.0 Å². The van der Waals surface area contributed by atoms with Crippen LogP contribution in [-0.4, -0.2) is 32.4 Å². The van der Waals surface area contributed by atoms with Gasteiger partial charge in [-0.1, -0.05) is 12.1 Å². The van der Waals surface area contributed by atoms with Gasteiger partial charge in [0.05, 0.1) is 26.9 Å². The van der Waals surface area contributed by atoms with Gasteiger partial charge in [-0.2, -0.15) is 0 Å². The molecule has 2 aromatic carbocycles. The third kappa shape index (κ3) is 3.98. The molecule has 0 unspecified atom stereocenters. The highest BCUT2D eigenvalue weighted by Crippen LogP contribution is 2.30. The van der Waals surface area contributed by atoms with Crippen molar-refractivity contribution >= 4 is 17.2 Å². The van der Waals surface area contributed by atoms with Gasteiger partial charge in [0, 0.05) is 18.0 Å². The van der Waals surface area contributed by atoms with Gasteiger partial charge in [-0.3, -0.25) is 0 Å². The molecule has 0 bridgehead atoms. The Bertz CT molecular complexity index is 738. The summed E-state index contributed by atoms with van der Waals surface area (Å²) >= 11 is 0. The lowest BCUT2D eigenvalue weighted by molar-refractivity contribution is -0.130. The van der Waals surface area contributed by atoms with Gasteiger partial charge < -0.3 is 24.6 Å². The molecular formula is C18H19NO5. The molecule has 6 nitrogen and oxygen atoms in total. The van der Waals surface area contributed by atoms with Crippen molar-refractivity contribution in [2.45, 2.75) is 0 Å². The monoisotopic (exact) mass is 329 g/mol. The zero-order valence-corrected chi connectivity index (χ0v) is 13.7. The highest BCUT2D eigenvalue weighted by atomic mass is 16.5. The Morgan fingerprint density at radius 1 is 0.958 bits per heavy atom. The summed E-state index contributed by atoms with van der Waals surface area (Å²) in [7, 11) is 4.65. The molecule has 0 radical (unpaired) electrons. The molecule has 0 aliphatic carbocycles. The zero-order chi connectivity index (χ0) is 17.5. The maximum Gasteiger partial charge on any atom is 0.337 e. The Kier molecular flexibility index (Phi) is 5.68. The standard InChI is InChI=1S/C18H19NO5/c1-22-14-7-4-12(5-8-14)15(18(20)21)11-19-13-6-9-16(23-2)17(10-13)24-3/h4-11,19H,1-3H3,(H,20,21). The predicted octanol–water partition coefficient (Wildman–Crippen LogP) is 3.25. The van der Waals surface area contributed by atoms with E-state index in [4.69, 9.17) is 14.2 Å². The van der Waals surface area contributed by atoms with Crippen LogP contribution in [0.1, 0.15) is 5.56 Å². The summed E-state index contributed by atoms with van der Waals surface area (Å²) in [6, 6.07) is 12.0. The van der Waals surface area contributed by atoms with Crippen molar-refractivity contribution in [3.8, 4) is 17.2 Å². The predicted molar refractivity (Wildman–Crippen MR) is 91.8 cm³/mol. The van der Waals surface area contributed by atoms with E-state index in [0.717, 1.165) is 0 Å². The molecule has 0 spiro atoms. The summed E-state index contributed by atoms with van der Waals surface area (Å²) < 4.78 is 15.5. The van der Waals surface area contributed by atoms with Crippen LogP contribution in [0.3, 0.4) is 0 Å². The Hall–Kier alpha value is -3.15. The maximum atomic E-state index is 11.5. The Morgan fingerprint density at radius 3 is 2.17 bits per heavy atom. The quantitative estimate of drug-likeness (QED) is 0.759. The largest absolute Gasteiger partial charge is 0.497 e. The fourth-order valence-electron chi connectivity index (χ4n) is 2.12. The van der Waals surface area contributed by atoms with Crippen LogP contribution >= 0.6 is 0 Å². The number of nitrogens with one attached hydrogen (secondary N) is 1. The first kappa shape index (κ1) is 17.2. The zero-order valence-electron chi connectivity index (χ0n) is 13.7. The number of methoxy groups -OCH3 is 3. The minimum Gasteiger partial charge on any atom is -0.497 e. The van der Waals surface area contributed by atoms with Gasteiger partial charge in [0.2, 0.25) is 0 Å². The van der Waals surface area contributed by atoms with Crippen LogP contribution in [0.2, 0.25) is 0 Å². The number of carboxylic acid groups (broad SMARTS) is 1. The van der Waals surface area contributed by atoms with Crippen molar-refractivity contribution in [3.63, 3.8) is 0 Å². The van der Waals surface area contributed by atoms with E-state index in [0.29, 0.717) is 28.5 Å². The van der Waals surface area contributed by atoms with Crippen molar-refractivity contribution in [2.75, 3.05) is 26.6 Å². The number of hydrogen-bond donors (Lipinski definition) is 2. The molecular weight excluding hydrogens is 310 g/mol. The molecule has 0 aliphatic rings. The van der Waals surface area contributed by atoms with Crippen molar-refractivity contribution in [2.24, 2.45) is 0 Å². The number of rotatable bonds is 7. The lowest BCUT2D eigenvalue weighted by Crippen LogP contribution is -2.03. The molecule has 2 N–H and O–H groups in total. The van der Waals surface area contributed by atoms with Gasteiger partial charge in [0.25, 0.3) is 0 Å². The number of ether oxygens (including phenoxy) is 3. The molecule has 0 atom stereocenters. The summed E-state index contributed by atoms with van der Waals surface area (Å²) in [6.45, 7) is 0. The summed E-state index contributed by atoms with van der Waals surface area (Å²) in [5, 5.41) is 12.4. The van der Waals surface area contributed by atoms with Crippen LogP contribution in [0.15, 0.2) is 48.7 Å². The molecule has 0 saturated carbocycles. The van der Waals surface area contributed by atoms with E-state index in [1.807, 2.05) is 0 Å². The van der Waals surface area contributed by atoms with Crippen LogP contribution in [-0.2, 0) is 4.79 Å². The summed E-state index contributed by atoms with van der Waals surface area (Å²) in [5.41, 5.74) is 1.38. The van der Waals surface area contributed by atoms with E-state index >= 15 is 0 Å². The van der Waals surface area contributed by atoms with E-state index < -0.39 is 5.97 Å². The van der Waals surface area contributed by atoms with Crippen LogP contribution in [0.4, 0.5) is 5.69 Å². The summed E-state index contributed by atoms with van der Waals surface area (Å²) in [6.07, 6.45) is 1.44. The summed E-state index contributed by atoms with van der Waals surface area (Å²) in [4.78, 5) is 11.5. The van der Waals surface area contributed by atoms with Crippen LogP contribution in [0.25, 0.3) is 5.57 Å². The second-order valence-electron chi connectivity index (χ2n) is 4.81. The Morgan fingerprint density at radius 2 is 1.62 bits per heavy atom. The number of carbonyl (C=O) groups is 1. The fraction of sp³-hybridized carbons (Fsp3) is 0.167. The average molecular weight is 329 g/mol. The van der Waals surface area contributed by atoms with Gasteiger partial charge in [0.15, 0.2) is 11.5 Å². The molecule has 0 fully saturated rings. The van der Waals surface area contributed by atoms with E-state index in [1.165, 1.54) is 13.3 Å².